The summed E-state index contributed by atoms with van der Waals surface area (Å²) < 4.78 is 5.85. The van der Waals surface area contributed by atoms with E-state index in [-0.39, 0.29) is 5.60 Å². The number of nitrogens with zero attached hydrogens (tertiary/aromatic N) is 1. The number of thiazole rings is 1. The van der Waals surface area contributed by atoms with E-state index in [1.54, 1.807) is 11.3 Å². The van der Waals surface area contributed by atoms with Gasteiger partial charge in [0, 0.05) is 23.9 Å². The highest BCUT2D eigenvalue weighted by Crippen LogP contribution is 2.45. The van der Waals surface area contributed by atoms with Gasteiger partial charge in [0.15, 0.2) is 0 Å². The summed E-state index contributed by atoms with van der Waals surface area (Å²) in [7, 11) is 0. The molecule has 3 nitrogen and oxygen atoms in total. The topological polar surface area (TPSA) is 48.1 Å². The van der Waals surface area contributed by atoms with Crippen LogP contribution < -0.4 is 5.73 Å². The lowest BCUT2D eigenvalue weighted by Crippen LogP contribution is -2.19. The Hall–Kier alpha value is -0.450. The van der Waals surface area contributed by atoms with Crippen molar-refractivity contribution in [2.45, 2.75) is 50.7 Å². The molecule has 16 heavy (non-hydrogen) atoms. The van der Waals surface area contributed by atoms with Crippen molar-refractivity contribution >= 4 is 11.3 Å². The number of hydrogen-bond donors (Lipinski definition) is 1. The largest absolute Gasteiger partial charge is 0.368 e. The van der Waals surface area contributed by atoms with Crippen LogP contribution in [-0.4, -0.2) is 11.6 Å². The Morgan fingerprint density at radius 3 is 2.94 bits per heavy atom. The molecule has 2 fully saturated rings. The second-order valence-corrected chi connectivity index (χ2v) is 6.07. The number of hydrogen-bond acceptors (Lipinski definition) is 4. The van der Waals surface area contributed by atoms with Gasteiger partial charge in [0.1, 0.15) is 10.6 Å². The Balaban J connectivity index is 1.95. The van der Waals surface area contributed by atoms with Crippen LogP contribution in [0.2, 0.25) is 0 Å². The van der Waals surface area contributed by atoms with Crippen LogP contribution in [0.1, 0.15) is 54.1 Å². The molecule has 2 heterocycles. The molecule has 1 aromatic rings. The molecule has 2 N–H and O–H groups in total. The zero-order valence-corrected chi connectivity index (χ0v) is 10.5. The molecular weight excluding hydrogens is 220 g/mol. The average Bonchev–Trinajstić information content (AvgIpc) is 2.88. The van der Waals surface area contributed by atoms with E-state index in [0.717, 1.165) is 24.5 Å². The fraction of sp³-hybridized carbons (Fsp3) is 0.750. The van der Waals surface area contributed by atoms with E-state index in [1.807, 2.05) is 0 Å². The van der Waals surface area contributed by atoms with Gasteiger partial charge in [-0.3, -0.25) is 0 Å². The minimum Gasteiger partial charge on any atom is -0.368 e. The zero-order valence-electron chi connectivity index (χ0n) is 9.66. The molecule has 1 unspecified atom stereocenters. The van der Waals surface area contributed by atoms with Gasteiger partial charge in [0.25, 0.3) is 0 Å². The standard InChI is InChI=1S/C12H18N2OS/c1-12(5-2-6-15-12)11-14-10(8-3-4-8)9(7-13)16-11/h8H,2-7,13H2,1H3. The maximum Gasteiger partial charge on any atom is 0.125 e. The van der Waals surface area contributed by atoms with Crippen molar-refractivity contribution in [3.8, 4) is 0 Å². The van der Waals surface area contributed by atoms with E-state index in [0.29, 0.717) is 12.5 Å². The smallest absolute Gasteiger partial charge is 0.125 e. The summed E-state index contributed by atoms with van der Waals surface area (Å²) in [6.45, 7) is 3.65. The van der Waals surface area contributed by atoms with E-state index < -0.39 is 0 Å². The molecular formula is C12H18N2OS. The summed E-state index contributed by atoms with van der Waals surface area (Å²) in [6, 6.07) is 0. The van der Waals surface area contributed by atoms with Crippen LogP contribution in [0.25, 0.3) is 0 Å². The first-order valence-electron chi connectivity index (χ1n) is 6.07. The monoisotopic (exact) mass is 238 g/mol. The Kier molecular flexibility index (Phi) is 2.53. The van der Waals surface area contributed by atoms with Gasteiger partial charge < -0.3 is 10.5 Å². The first-order valence-corrected chi connectivity index (χ1v) is 6.89. The summed E-state index contributed by atoms with van der Waals surface area (Å²) >= 11 is 1.76. The number of aromatic nitrogens is 1. The molecule has 0 spiro atoms. The minimum atomic E-state index is -0.137. The van der Waals surface area contributed by atoms with Gasteiger partial charge in [-0.15, -0.1) is 11.3 Å². The van der Waals surface area contributed by atoms with Crippen molar-refractivity contribution < 1.29 is 4.74 Å². The molecule has 1 aliphatic carbocycles. The van der Waals surface area contributed by atoms with E-state index >= 15 is 0 Å². The van der Waals surface area contributed by atoms with Crippen molar-refractivity contribution in [1.82, 2.24) is 4.98 Å². The Labute approximate surface area is 100 Å². The van der Waals surface area contributed by atoms with Gasteiger partial charge in [-0.2, -0.15) is 0 Å². The predicted octanol–water partition coefficient (Wildman–Crippen LogP) is 2.50. The van der Waals surface area contributed by atoms with E-state index in [1.165, 1.54) is 23.4 Å². The average molecular weight is 238 g/mol. The van der Waals surface area contributed by atoms with Crippen LogP contribution in [0.3, 0.4) is 0 Å². The number of rotatable bonds is 3. The Bertz CT molecular complexity index is 392. The van der Waals surface area contributed by atoms with E-state index in [4.69, 9.17) is 15.5 Å². The maximum atomic E-state index is 5.85. The van der Waals surface area contributed by atoms with Gasteiger partial charge in [0.05, 0.1) is 5.69 Å². The number of nitrogens with two attached hydrogens (primary N) is 1. The fourth-order valence-electron chi connectivity index (χ4n) is 2.36. The van der Waals surface area contributed by atoms with Gasteiger partial charge in [-0.1, -0.05) is 0 Å². The van der Waals surface area contributed by atoms with Crippen molar-refractivity contribution in [1.29, 1.82) is 0 Å². The molecule has 0 amide bonds. The second kappa shape index (κ2) is 3.79. The third kappa shape index (κ3) is 1.69. The number of ether oxygens (including phenoxy) is 1. The van der Waals surface area contributed by atoms with Crippen molar-refractivity contribution in [2.75, 3.05) is 6.61 Å². The quantitative estimate of drug-likeness (QED) is 0.880. The minimum absolute atomic E-state index is 0.137. The lowest BCUT2D eigenvalue weighted by Gasteiger charge is -2.19. The van der Waals surface area contributed by atoms with Gasteiger partial charge in [-0.05, 0) is 32.6 Å². The first kappa shape index (κ1) is 10.7. The molecule has 1 saturated carbocycles. The normalized spacial score (nSPS) is 29.9. The SMILES string of the molecule is CC1(c2nc(C3CC3)c(CN)s2)CCCO1. The van der Waals surface area contributed by atoms with Crippen molar-refractivity contribution in [3.05, 3.63) is 15.6 Å². The molecule has 88 valence electrons. The lowest BCUT2D eigenvalue weighted by atomic mass is 10.0. The third-order valence-corrected chi connectivity index (χ3v) is 4.89. The molecule has 1 aliphatic heterocycles. The van der Waals surface area contributed by atoms with Crippen LogP contribution in [0.4, 0.5) is 0 Å². The molecule has 3 rings (SSSR count). The van der Waals surface area contributed by atoms with Gasteiger partial charge in [0.2, 0.25) is 0 Å². The Morgan fingerprint density at radius 1 is 1.56 bits per heavy atom. The molecule has 1 aromatic heterocycles. The second-order valence-electron chi connectivity index (χ2n) is 4.99. The van der Waals surface area contributed by atoms with E-state index in [2.05, 4.69) is 6.92 Å². The Morgan fingerprint density at radius 2 is 2.38 bits per heavy atom. The summed E-state index contributed by atoms with van der Waals surface area (Å²) in [6.07, 6.45) is 4.81. The van der Waals surface area contributed by atoms with Crippen LogP contribution in [0.5, 0.6) is 0 Å². The highest BCUT2D eigenvalue weighted by molar-refractivity contribution is 7.11. The summed E-state index contributed by atoms with van der Waals surface area (Å²) in [4.78, 5) is 6.08. The molecule has 2 aliphatic rings. The lowest BCUT2D eigenvalue weighted by molar-refractivity contribution is 0.0165. The van der Waals surface area contributed by atoms with E-state index in [9.17, 15) is 0 Å². The van der Waals surface area contributed by atoms with Crippen LogP contribution >= 0.6 is 11.3 Å². The predicted molar refractivity (Wildman–Crippen MR) is 64.5 cm³/mol. The molecule has 4 heteroatoms. The first-order chi connectivity index (χ1) is 7.73. The van der Waals surface area contributed by atoms with Crippen LogP contribution in [0, 0.1) is 0 Å². The fourth-order valence-corrected chi connectivity index (χ4v) is 3.51. The van der Waals surface area contributed by atoms with Crippen molar-refractivity contribution in [2.24, 2.45) is 5.73 Å². The summed E-state index contributed by atoms with van der Waals surface area (Å²) in [5.74, 6) is 0.688. The summed E-state index contributed by atoms with van der Waals surface area (Å²) in [5.41, 5.74) is 6.93. The highest BCUT2D eigenvalue weighted by atomic mass is 32.1. The molecule has 1 saturated heterocycles. The molecule has 0 bridgehead atoms. The molecule has 0 aromatic carbocycles. The highest BCUT2D eigenvalue weighted by Gasteiger charge is 2.37. The van der Waals surface area contributed by atoms with Gasteiger partial charge in [-0.25, -0.2) is 4.98 Å². The van der Waals surface area contributed by atoms with Crippen LogP contribution in [-0.2, 0) is 16.9 Å². The zero-order chi connectivity index (χ0) is 11.2. The molecule has 0 radical (unpaired) electrons. The van der Waals surface area contributed by atoms with Crippen molar-refractivity contribution in [3.63, 3.8) is 0 Å². The third-order valence-electron chi connectivity index (χ3n) is 3.55. The maximum absolute atomic E-state index is 5.85. The van der Waals surface area contributed by atoms with Gasteiger partial charge >= 0.3 is 0 Å². The summed E-state index contributed by atoms with van der Waals surface area (Å²) in [5, 5.41) is 1.15. The van der Waals surface area contributed by atoms with Crippen LogP contribution in [0.15, 0.2) is 0 Å². The molecule has 1 atom stereocenters.